The van der Waals surface area contributed by atoms with Crippen LogP contribution in [0.5, 0.6) is 0 Å². The largest absolute Gasteiger partial charge is 0.563 e. The van der Waals surface area contributed by atoms with Crippen LogP contribution in [-0.2, 0) is 9.59 Å². The maximum atomic E-state index is 12.0. The molecule has 0 bridgehead atoms. The van der Waals surface area contributed by atoms with Crippen LogP contribution in [0, 0.1) is 0 Å². The van der Waals surface area contributed by atoms with Gasteiger partial charge in [-0.1, -0.05) is 5.16 Å². The van der Waals surface area contributed by atoms with E-state index in [0.29, 0.717) is 0 Å². The number of urea groups is 1. The summed E-state index contributed by atoms with van der Waals surface area (Å²) in [6, 6.07) is -4.24. The van der Waals surface area contributed by atoms with Crippen LogP contribution in [0.1, 0.15) is 43.6 Å². The van der Waals surface area contributed by atoms with E-state index in [9.17, 15) is 19.5 Å². The molecular weight excluding hydrogens is 352 g/mol. The van der Waals surface area contributed by atoms with Crippen molar-refractivity contribution in [1.29, 1.82) is 0 Å². The van der Waals surface area contributed by atoms with Gasteiger partial charge in [0.2, 0.25) is 17.8 Å². The highest BCUT2D eigenvalue weighted by atomic mass is 16.5. The number of aliphatic hydroxyl groups is 2. The van der Waals surface area contributed by atoms with Gasteiger partial charge in [0.25, 0.3) is 0 Å². The third kappa shape index (κ3) is 6.27. The van der Waals surface area contributed by atoms with Crippen molar-refractivity contribution in [2.24, 2.45) is 11.5 Å². The molecule has 1 aromatic heterocycles. The molecule has 26 heavy (non-hydrogen) atoms. The first-order valence-electron chi connectivity index (χ1n) is 7.64. The second-order valence-electron chi connectivity index (χ2n) is 5.53. The first-order valence-corrected chi connectivity index (χ1v) is 7.64. The Labute approximate surface area is 147 Å². The SMILES string of the molecule is CC(O)[C@@H](NC(=O)N[C@@H](CC(N)=O)c1nc([C@@H](N)CCO)no1)C(=O)[OH2+]. The number of nitrogens with zero attached hydrogens (tertiary/aromatic N) is 2. The normalized spacial score (nSPS) is 15.5. The number of amides is 3. The molecule has 0 aliphatic carbocycles. The molecular formula is C13H23N6O7+. The number of hydrogen-bond acceptors (Lipinski definition) is 9. The summed E-state index contributed by atoms with van der Waals surface area (Å²) in [5.41, 5.74) is 10.9. The van der Waals surface area contributed by atoms with Crippen molar-refractivity contribution >= 4 is 17.9 Å². The zero-order valence-corrected chi connectivity index (χ0v) is 14.0. The molecule has 0 saturated carbocycles. The molecule has 1 heterocycles. The smallest absolute Gasteiger partial charge is 0.541 e. The van der Waals surface area contributed by atoms with Gasteiger partial charge in [-0.25, -0.2) is 4.79 Å². The molecule has 1 unspecified atom stereocenters. The lowest BCUT2D eigenvalue weighted by molar-refractivity contribution is -0.141. The third-order valence-corrected chi connectivity index (χ3v) is 3.29. The number of primary amides is 1. The van der Waals surface area contributed by atoms with Crippen LogP contribution >= 0.6 is 0 Å². The number of aliphatic hydroxyl groups excluding tert-OH is 2. The number of aromatic nitrogens is 2. The molecule has 0 saturated heterocycles. The lowest BCUT2D eigenvalue weighted by atomic mass is 10.2. The van der Waals surface area contributed by atoms with Crippen molar-refractivity contribution in [3.05, 3.63) is 11.7 Å². The minimum absolute atomic E-state index is 0.0638. The maximum absolute atomic E-state index is 12.0. The van der Waals surface area contributed by atoms with E-state index in [2.05, 4.69) is 20.8 Å². The fourth-order valence-corrected chi connectivity index (χ4v) is 1.96. The summed E-state index contributed by atoms with van der Waals surface area (Å²) in [6.07, 6.45) is -1.51. The number of rotatable bonds is 10. The molecule has 1 rings (SSSR count). The van der Waals surface area contributed by atoms with Crippen LogP contribution in [-0.4, -0.2) is 62.1 Å². The predicted octanol–water partition coefficient (Wildman–Crippen LogP) is -3.33. The van der Waals surface area contributed by atoms with Crippen LogP contribution in [0.4, 0.5) is 4.79 Å². The summed E-state index contributed by atoms with van der Waals surface area (Å²) in [5.74, 6) is -2.07. The predicted molar refractivity (Wildman–Crippen MR) is 85.2 cm³/mol. The fraction of sp³-hybridized carbons (Fsp3) is 0.615. The van der Waals surface area contributed by atoms with E-state index in [1.807, 2.05) is 0 Å². The van der Waals surface area contributed by atoms with Crippen LogP contribution in [0.15, 0.2) is 4.52 Å². The Bertz CT molecular complexity index is 634. The van der Waals surface area contributed by atoms with Gasteiger partial charge in [0.1, 0.15) is 6.04 Å². The quantitative estimate of drug-likeness (QED) is 0.224. The molecule has 1 aromatic rings. The van der Waals surface area contributed by atoms with Gasteiger partial charge < -0.3 is 41.9 Å². The zero-order chi connectivity index (χ0) is 19.9. The summed E-state index contributed by atoms with van der Waals surface area (Å²) in [4.78, 5) is 38.3. The van der Waals surface area contributed by atoms with Gasteiger partial charge in [-0.15, -0.1) is 0 Å². The first-order chi connectivity index (χ1) is 12.1. The Hall–Kier alpha value is -2.77. The van der Waals surface area contributed by atoms with Crippen molar-refractivity contribution in [2.45, 2.75) is 44.0 Å². The second kappa shape index (κ2) is 9.65. The Balaban J connectivity index is 2.89. The highest BCUT2D eigenvalue weighted by molar-refractivity contribution is 5.83. The Morgan fingerprint density at radius 3 is 2.50 bits per heavy atom. The second-order valence-corrected chi connectivity index (χ2v) is 5.53. The number of nitrogens with two attached hydrogens (primary N) is 2. The molecule has 0 aliphatic heterocycles. The highest BCUT2D eigenvalue weighted by Gasteiger charge is 2.33. The van der Waals surface area contributed by atoms with Gasteiger partial charge in [0.05, 0.1) is 18.6 Å². The van der Waals surface area contributed by atoms with Crippen LogP contribution in [0.25, 0.3) is 0 Å². The van der Waals surface area contributed by atoms with E-state index in [0.717, 1.165) is 0 Å². The number of nitrogens with one attached hydrogen (secondary N) is 2. The number of carbonyl (C=O) groups excluding carboxylic acids is 3. The summed E-state index contributed by atoms with van der Waals surface area (Å²) in [5, 5.41) is 33.3. The van der Waals surface area contributed by atoms with E-state index < -0.39 is 48.6 Å². The maximum Gasteiger partial charge on any atom is 0.541 e. The van der Waals surface area contributed by atoms with E-state index in [4.69, 9.17) is 26.2 Å². The van der Waals surface area contributed by atoms with Crippen LogP contribution in [0.2, 0.25) is 0 Å². The van der Waals surface area contributed by atoms with Gasteiger partial charge in [-0.2, -0.15) is 4.98 Å². The minimum Gasteiger partial charge on any atom is -0.563 e. The molecule has 0 aromatic carbocycles. The molecule has 0 spiro atoms. The average Bonchev–Trinajstić information content (AvgIpc) is 3.01. The molecule has 10 N–H and O–H groups in total. The summed E-state index contributed by atoms with van der Waals surface area (Å²) in [6.45, 7) is 1.03. The van der Waals surface area contributed by atoms with Crippen molar-refractivity contribution in [3.63, 3.8) is 0 Å². The topological polar surface area (TPSA) is 230 Å². The summed E-state index contributed by atoms with van der Waals surface area (Å²) < 4.78 is 4.97. The molecule has 0 fully saturated rings. The van der Waals surface area contributed by atoms with Crippen LogP contribution in [0.3, 0.4) is 0 Å². The number of hydrogen-bond donors (Lipinski definition) is 6. The number of carbonyl (C=O) groups is 3. The Kier molecular flexibility index (Phi) is 7.89. The highest BCUT2D eigenvalue weighted by Crippen LogP contribution is 2.17. The lowest BCUT2D eigenvalue weighted by Gasteiger charge is -2.17. The van der Waals surface area contributed by atoms with Gasteiger partial charge in [0, 0.05) is 11.4 Å². The van der Waals surface area contributed by atoms with E-state index in [1.165, 1.54) is 6.92 Å². The Morgan fingerprint density at radius 1 is 1.35 bits per heavy atom. The lowest BCUT2D eigenvalue weighted by Crippen LogP contribution is -2.52. The summed E-state index contributed by atoms with van der Waals surface area (Å²) >= 11 is 0. The van der Waals surface area contributed by atoms with Crippen molar-refractivity contribution in [2.75, 3.05) is 6.61 Å². The van der Waals surface area contributed by atoms with Crippen molar-refractivity contribution < 1.29 is 34.2 Å². The zero-order valence-electron chi connectivity index (χ0n) is 14.0. The Morgan fingerprint density at radius 2 is 2.00 bits per heavy atom. The average molecular weight is 375 g/mol. The molecule has 3 amide bonds. The van der Waals surface area contributed by atoms with Gasteiger partial charge >= 0.3 is 12.0 Å². The molecule has 0 aliphatic rings. The van der Waals surface area contributed by atoms with Gasteiger partial charge in [-0.05, 0) is 13.3 Å². The van der Waals surface area contributed by atoms with E-state index in [-0.39, 0.29) is 24.7 Å². The minimum atomic E-state index is -1.46. The molecule has 0 radical (unpaired) electrons. The molecule has 146 valence electrons. The molecule has 4 atom stereocenters. The van der Waals surface area contributed by atoms with E-state index >= 15 is 0 Å². The monoisotopic (exact) mass is 375 g/mol. The van der Waals surface area contributed by atoms with Crippen molar-refractivity contribution in [3.8, 4) is 0 Å². The fourth-order valence-electron chi connectivity index (χ4n) is 1.96. The van der Waals surface area contributed by atoms with Crippen molar-refractivity contribution in [1.82, 2.24) is 20.8 Å². The van der Waals surface area contributed by atoms with E-state index in [1.54, 1.807) is 0 Å². The summed E-state index contributed by atoms with van der Waals surface area (Å²) in [7, 11) is 0. The molecule has 13 heteroatoms. The van der Waals surface area contributed by atoms with Gasteiger partial charge in [0.15, 0.2) is 5.82 Å². The first kappa shape index (κ1) is 21.3. The molecule has 13 nitrogen and oxygen atoms in total. The standard InChI is InChI=1S/C13H22N6O7/c1-5(21)9(12(23)24)17-13(25)16-7(4-8(15)22)11-18-10(19-26-11)6(14)2-3-20/h5-7,9,20-21H,2-4,14H2,1H3,(H2,15,22)(H,23,24)(H2,16,17,25)/p+1/t5?,6-,7-,9+/m0/s1. The van der Waals surface area contributed by atoms with Gasteiger partial charge in [-0.3, -0.25) is 4.79 Å². The third-order valence-electron chi connectivity index (χ3n) is 3.29. The van der Waals surface area contributed by atoms with Crippen LogP contribution < -0.4 is 22.1 Å².